The second-order valence-corrected chi connectivity index (χ2v) is 3.48. The zero-order valence-corrected chi connectivity index (χ0v) is 8.72. The van der Waals surface area contributed by atoms with Gasteiger partial charge in [-0.2, -0.15) is 5.10 Å². The second kappa shape index (κ2) is 4.28. The summed E-state index contributed by atoms with van der Waals surface area (Å²) in [4.78, 5) is 0. The summed E-state index contributed by atoms with van der Waals surface area (Å²) >= 11 is 0. The molecule has 0 spiro atoms. The van der Waals surface area contributed by atoms with Gasteiger partial charge in [0, 0.05) is 12.3 Å². The van der Waals surface area contributed by atoms with Crippen LogP contribution in [0.1, 0.15) is 11.3 Å². The summed E-state index contributed by atoms with van der Waals surface area (Å²) in [5.41, 5.74) is 3.25. The summed E-state index contributed by atoms with van der Waals surface area (Å²) in [7, 11) is 0. The van der Waals surface area contributed by atoms with Gasteiger partial charge >= 0.3 is 0 Å². The molecule has 0 aliphatic rings. The summed E-state index contributed by atoms with van der Waals surface area (Å²) in [6.45, 7) is 2.19. The predicted octanol–water partition coefficient (Wildman–Crippen LogP) is 1.72. The van der Waals surface area contributed by atoms with Gasteiger partial charge in [-0.3, -0.25) is 0 Å². The van der Waals surface area contributed by atoms with Crippen molar-refractivity contribution in [3.63, 3.8) is 0 Å². The van der Waals surface area contributed by atoms with Gasteiger partial charge in [0.15, 0.2) is 0 Å². The molecule has 0 aliphatic heterocycles. The number of hydrogen-bond donors (Lipinski definition) is 1. The molecule has 1 aromatic heterocycles. The first-order valence-corrected chi connectivity index (χ1v) is 5.02. The number of benzene rings is 1. The van der Waals surface area contributed by atoms with E-state index in [-0.39, 0.29) is 6.61 Å². The number of aromatic nitrogens is 2. The zero-order chi connectivity index (χ0) is 10.7. The van der Waals surface area contributed by atoms with Crippen LogP contribution in [-0.4, -0.2) is 21.5 Å². The molecule has 2 rings (SSSR count). The van der Waals surface area contributed by atoms with Crippen molar-refractivity contribution in [2.75, 3.05) is 6.61 Å². The Morgan fingerprint density at radius 2 is 2.00 bits per heavy atom. The maximum Gasteiger partial charge on any atom is 0.0648 e. The number of hydrogen-bond acceptors (Lipinski definition) is 2. The quantitative estimate of drug-likeness (QED) is 0.822. The summed E-state index contributed by atoms with van der Waals surface area (Å²) in [6.07, 6.45) is 2.48. The van der Waals surface area contributed by atoms with Crippen molar-refractivity contribution in [1.29, 1.82) is 0 Å². The second-order valence-electron chi connectivity index (χ2n) is 3.48. The van der Waals surface area contributed by atoms with Crippen LogP contribution in [0.25, 0.3) is 5.69 Å². The summed E-state index contributed by atoms with van der Waals surface area (Å²) < 4.78 is 1.89. The van der Waals surface area contributed by atoms with Crippen molar-refractivity contribution in [3.8, 4) is 5.69 Å². The highest BCUT2D eigenvalue weighted by atomic mass is 16.2. The van der Waals surface area contributed by atoms with E-state index in [9.17, 15) is 0 Å². The van der Waals surface area contributed by atoms with Crippen molar-refractivity contribution >= 4 is 0 Å². The fourth-order valence-corrected chi connectivity index (χ4v) is 1.64. The van der Waals surface area contributed by atoms with E-state index in [0.29, 0.717) is 6.42 Å². The Hall–Kier alpha value is -1.61. The molecule has 0 amide bonds. The minimum absolute atomic E-state index is 0.168. The van der Waals surface area contributed by atoms with Crippen LogP contribution in [0.15, 0.2) is 36.5 Å². The Morgan fingerprint density at radius 3 is 2.67 bits per heavy atom. The molecule has 1 heterocycles. The average Bonchev–Trinajstić information content (AvgIpc) is 2.63. The SMILES string of the molecule is Cc1c(CCO)cnn1-c1ccccc1. The molecule has 78 valence electrons. The summed E-state index contributed by atoms with van der Waals surface area (Å²) in [6, 6.07) is 9.99. The lowest BCUT2D eigenvalue weighted by atomic mass is 10.2. The first-order valence-electron chi connectivity index (χ1n) is 5.02. The average molecular weight is 202 g/mol. The molecule has 0 aliphatic carbocycles. The Balaban J connectivity index is 2.38. The third kappa shape index (κ3) is 1.92. The molecule has 0 saturated heterocycles. The minimum Gasteiger partial charge on any atom is -0.396 e. The number of aliphatic hydroxyl groups excluding tert-OH is 1. The monoisotopic (exact) mass is 202 g/mol. The highest BCUT2D eigenvalue weighted by molar-refractivity contribution is 5.34. The van der Waals surface area contributed by atoms with Crippen LogP contribution in [0.2, 0.25) is 0 Å². The maximum absolute atomic E-state index is 8.89. The van der Waals surface area contributed by atoms with Crippen LogP contribution < -0.4 is 0 Å². The standard InChI is InChI=1S/C12H14N2O/c1-10-11(7-8-15)9-13-14(10)12-5-3-2-4-6-12/h2-6,9,15H,7-8H2,1H3. The molecule has 2 aromatic rings. The van der Waals surface area contributed by atoms with Crippen LogP contribution >= 0.6 is 0 Å². The van der Waals surface area contributed by atoms with Gasteiger partial charge in [-0.25, -0.2) is 4.68 Å². The van der Waals surface area contributed by atoms with Crippen molar-refractivity contribution in [2.45, 2.75) is 13.3 Å². The molecule has 0 fully saturated rings. The third-order valence-corrected chi connectivity index (χ3v) is 2.49. The minimum atomic E-state index is 0.168. The number of nitrogens with zero attached hydrogens (tertiary/aromatic N) is 2. The topological polar surface area (TPSA) is 38.1 Å². The highest BCUT2D eigenvalue weighted by Gasteiger charge is 2.06. The number of para-hydroxylation sites is 1. The Labute approximate surface area is 89.0 Å². The van der Waals surface area contributed by atoms with Crippen molar-refractivity contribution < 1.29 is 5.11 Å². The lowest BCUT2D eigenvalue weighted by molar-refractivity contribution is 0.299. The summed E-state index contributed by atoms with van der Waals surface area (Å²) in [5.74, 6) is 0. The maximum atomic E-state index is 8.89. The molecule has 1 aromatic carbocycles. The molecule has 0 bridgehead atoms. The molecule has 3 heteroatoms. The Morgan fingerprint density at radius 1 is 1.27 bits per heavy atom. The Kier molecular flexibility index (Phi) is 2.83. The number of aliphatic hydroxyl groups is 1. The normalized spacial score (nSPS) is 10.5. The van der Waals surface area contributed by atoms with E-state index < -0.39 is 0 Å². The predicted molar refractivity (Wildman–Crippen MR) is 59.1 cm³/mol. The fourth-order valence-electron chi connectivity index (χ4n) is 1.64. The van der Waals surface area contributed by atoms with E-state index in [1.807, 2.05) is 48.1 Å². The van der Waals surface area contributed by atoms with Crippen molar-refractivity contribution in [3.05, 3.63) is 47.8 Å². The number of rotatable bonds is 3. The lowest BCUT2D eigenvalue weighted by Crippen LogP contribution is -1.99. The largest absolute Gasteiger partial charge is 0.396 e. The van der Waals surface area contributed by atoms with Crippen LogP contribution in [0.4, 0.5) is 0 Å². The van der Waals surface area contributed by atoms with E-state index in [4.69, 9.17) is 5.11 Å². The Bertz CT molecular complexity index is 434. The first kappa shape index (κ1) is 9.93. The van der Waals surface area contributed by atoms with Gasteiger partial charge < -0.3 is 5.11 Å². The molecule has 0 unspecified atom stereocenters. The smallest absolute Gasteiger partial charge is 0.0648 e. The molecule has 0 saturated carbocycles. The van der Waals surface area contributed by atoms with E-state index in [0.717, 1.165) is 16.9 Å². The van der Waals surface area contributed by atoms with Gasteiger partial charge in [0.05, 0.1) is 11.9 Å². The van der Waals surface area contributed by atoms with Gasteiger partial charge in [0.25, 0.3) is 0 Å². The van der Waals surface area contributed by atoms with Crippen LogP contribution in [0.3, 0.4) is 0 Å². The van der Waals surface area contributed by atoms with Crippen LogP contribution in [-0.2, 0) is 6.42 Å². The van der Waals surface area contributed by atoms with Crippen molar-refractivity contribution in [1.82, 2.24) is 9.78 Å². The molecule has 15 heavy (non-hydrogen) atoms. The molecular formula is C12H14N2O. The lowest BCUT2D eigenvalue weighted by Gasteiger charge is -2.04. The molecule has 0 radical (unpaired) electrons. The zero-order valence-electron chi connectivity index (χ0n) is 8.72. The van der Waals surface area contributed by atoms with E-state index >= 15 is 0 Å². The highest BCUT2D eigenvalue weighted by Crippen LogP contribution is 2.13. The molecular weight excluding hydrogens is 188 g/mol. The van der Waals surface area contributed by atoms with E-state index in [1.165, 1.54) is 0 Å². The molecule has 3 nitrogen and oxygen atoms in total. The third-order valence-electron chi connectivity index (χ3n) is 2.49. The van der Waals surface area contributed by atoms with E-state index in [1.54, 1.807) is 0 Å². The van der Waals surface area contributed by atoms with Gasteiger partial charge in [-0.1, -0.05) is 18.2 Å². The summed E-state index contributed by atoms with van der Waals surface area (Å²) in [5, 5.41) is 13.2. The van der Waals surface area contributed by atoms with E-state index in [2.05, 4.69) is 5.10 Å². The fraction of sp³-hybridized carbons (Fsp3) is 0.250. The van der Waals surface area contributed by atoms with Gasteiger partial charge in [0.1, 0.15) is 0 Å². The molecule has 1 N–H and O–H groups in total. The van der Waals surface area contributed by atoms with Crippen LogP contribution in [0.5, 0.6) is 0 Å². The van der Waals surface area contributed by atoms with Crippen molar-refractivity contribution in [2.24, 2.45) is 0 Å². The van der Waals surface area contributed by atoms with Gasteiger partial charge in [-0.05, 0) is 31.0 Å². The first-order chi connectivity index (χ1) is 7.33. The van der Waals surface area contributed by atoms with Crippen LogP contribution in [0, 0.1) is 6.92 Å². The van der Waals surface area contributed by atoms with Gasteiger partial charge in [0.2, 0.25) is 0 Å². The molecule has 0 atom stereocenters. The van der Waals surface area contributed by atoms with Gasteiger partial charge in [-0.15, -0.1) is 0 Å².